The number of anilines is 1. The second-order valence-corrected chi connectivity index (χ2v) is 30.7. The maximum atomic E-state index is 14.9. The summed E-state index contributed by atoms with van der Waals surface area (Å²) in [6, 6.07) is 5.52. The van der Waals surface area contributed by atoms with Gasteiger partial charge >= 0.3 is 25.8 Å². The zero-order valence-electron chi connectivity index (χ0n) is 63.6. The van der Waals surface area contributed by atoms with Gasteiger partial charge in [-0.15, -0.1) is 0 Å². The number of benzene rings is 2. The van der Waals surface area contributed by atoms with Gasteiger partial charge < -0.3 is 86.2 Å². The molecule has 1 saturated heterocycles. The van der Waals surface area contributed by atoms with Gasteiger partial charge in [0.25, 0.3) is 11.8 Å². The number of likely N-dealkylation sites (tertiary alicyclic amines) is 1. The molecule has 4 rings (SSSR count). The van der Waals surface area contributed by atoms with Crippen LogP contribution in [0.2, 0.25) is 0 Å². The zero-order valence-corrected chi connectivity index (χ0v) is 64.5. The van der Waals surface area contributed by atoms with Crippen LogP contribution in [-0.2, 0) is 73.3 Å². The van der Waals surface area contributed by atoms with Gasteiger partial charge in [-0.1, -0.05) is 111 Å². The molecule has 1 fully saturated rings. The first-order chi connectivity index (χ1) is 49.1. The van der Waals surface area contributed by atoms with Gasteiger partial charge in [-0.05, 0) is 100 Å². The Bertz CT molecular complexity index is 3370. The van der Waals surface area contributed by atoms with Crippen molar-refractivity contribution >= 4 is 84.7 Å². The van der Waals surface area contributed by atoms with Gasteiger partial charge in [-0.2, -0.15) is 0 Å². The third-order valence-corrected chi connectivity index (χ3v) is 19.5. The lowest BCUT2D eigenvalue weighted by molar-refractivity contribution is -0.148. The van der Waals surface area contributed by atoms with E-state index in [1.54, 1.807) is 104 Å². The average Bonchev–Trinajstić information content (AvgIpc) is 1.77. The van der Waals surface area contributed by atoms with Gasteiger partial charge in [0.1, 0.15) is 42.4 Å². The minimum absolute atomic E-state index is 0.0144. The van der Waals surface area contributed by atoms with E-state index in [1.807, 2.05) is 19.9 Å². The monoisotopic (exact) mass is 1500 g/mol. The van der Waals surface area contributed by atoms with Crippen LogP contribution in [0.15, 0.2) is 66.7 Å². The molecule has 0 aliphatic carbocycles. The molecule has 2 aromatic rings. The third kappa shape index (κ3) is 26.5. The van der Waals surface area contributed by atoms with Gasteiger partial charge in [-0.3, -0.25) is 57.5 Å². The largest absolute Gasteiger partial charge is 0.445 e. The first-order valence-corrected chi connectivity index (χ1v) is 37.3. The minimum atomic E-state index is -4.76. The molecule has 0 saturated carbocycles. The van der Waals surface area contributed by atoms with Crippen LogP contribution >= 0.6 is 7.60 Å². The number of carbonyl (C=O) groups excluding carboxylic acids is 12. The number of amides is 13. The number of hydrogen-bond acceptors (Lipinski definition) is 18. The van der Waals surface area contributed by atoms with Crippen molar-refractivity contribution in [3.8, 4) is 0 Å². The van der Waals surface area contributed by atoms with Crippen molar-refractivity contribution in [2.24, 2.45) is 35.3 Å². The van der Waals surface area contributed by atoms with E-state index in [0.717, 1.165) is 22.0 Å². The van der Waals surface area contributed by atoms with Crippen molar-refractivity contribution in [3.63, 3.8) is 0 Å². The Morgan fingerprint density at radius 1 is 0.733 bits per heavy atom. The number of nitrogens with one attached hydrogen (secondary N) is 6. The predicted molar refractivity (Wildman–Crippen MR) is 389 cm³/mol. The summed E-state index contributed by atoms with van der Waals surface area (Å²) >= 11 is 0. The molecule has 33 heteroatoms. The van der Waals surface area contributed by atoms with E-state index < -0.39 is 182 Å². The van der Waals surface area contributed by atoms with Crippen LogP contribution in [-0.4, -0.2) is 238 Å². The number of aliphatic hydroxyl groups is 1. The second kappa shape index (κ2) is 40.8. The smallest absolute Gasteiger partial charge is 0.410 e. The summed E-state index contributed by atoms with van der Waals surface area (Å²) in [4.78, 5) is 190. The molecule has 13 atom stereocenters. The van der Waals surface area contributed by atoms with E-state index in [2.05, 4.69) is 31.9 Å². The molecule has 0 bridgehead atoms. The highest BCUT2D eigenvalue weighted by Crippen LogP contribution is 2.35. The van der Waals surface area contributed by atoms with Crippen molar-refractivity contribution in [2.45, 2.75) is 207 Å². The van der Waals surface area contributed by atoms with Gasteiger partial charge in [0.15, 0.2) is 0 Å². The maximum absolute atomic E-state index is 14.9. The average molecular weight is 1500 g/mol. The van der Waals surface area contributed by atoms with E-state index in [-0.39, 0.29) is 55.8 Å². The lowest BCUT2D eigenvalue weighted by Gasteiger charge is -2.41. The Balaban J connectivity index is 1.46. The molecule has 0 aromatic heterocycles. The summed E-state index contributed by atoms with van der Waals surface area (Å²) in [6.07, 6.45) is -1.90. The number of aliphatic hydroxyl groups excluding tert-OH is 1. The Labute approximate surface area is 615 Å². The molecule has 2 aliphatic rings. The Hall–Kier alpha value is -8.55. The number of likely N-dealkylation sites (N-methyl/N-ethyl adjacent to an activating group) is 2. The molecule has 0 radical (unpaired) electrons. The highest BCUT2D eigenvalue weighted by molar-refractivity contribution is 7.51. The van der Waals surface area contributed by atoms with Crippen molar-refractivity contribution in [1.29, 1.82) is 0 Å². The fourth-order valence-electron chi connectivity index (χ4n) is 12.7. The lowest BCUT2D eigenvalue weighted by Crippen LogP contribution is -2.61. The van der Waals surface area contributed by atoms with Gasteiger partial charge in [0, 0.05) is 65.8 Å². The van der Waals surface area contributed by atoms with E-state index in [0.29, 0.717) is 41.8 Å². The molecular weight excluding hydrogens is 1380 g/mol. The van der Waals surface area contributed by atoms with Crippen molar-refractivity contribution in [2.75, 3.05) is 66.0 Å². The quantitative estimate of drug-likeness (QED) is 0.0253. The number of primary amides is 1. The maximum Gasteiger partial charge on any atom is 0.410 e. The predicted octanol–water partition coefficient (Wildman–Crippen LogP) is 4.30. The fraction of sp³-hybridized carbons (Fsp3) is 0.639. The molecule has 0 spiro atoms. The zero-order chi connectivity index (χ0) is 79.1. The molecule has 105 heavy (non-hydrogen) atoms. The summed E-state index contributed by atoms with van der Waals surface area (Å²) < 4.78 is 35.1. The highest BCUT2D eigenvalue weighted by Gasteiger charge is 2.46. The van der Waals surface area contributed by atoms with Crippen molar-refractivity contribution in [1.82, 2.24) is 51.1 Å². The van der Waals surface area contributed by atoms with Gasteiger partial charge in [0.2, 0.25) is 41.4 Å². The second-order valence-electron chi connectivity index (χ2n) is 28.9. The molecule has 2 aromatic carbocycles. The number of methoxy groups -OCH3 is 2. The van der Waals surface area contributed by atoms with Crippen LogP contribution in [0.5, 0.6) is 0 Å². The fourth-order valence-corrected chi connectivity index (χ4v) is 13.2. The standard InChI is InChI=1S/C72H113N12O20P/c1-18-44(8)60(53(101-16)38-56(87)83-35-23-27-51(83)62(102-17)45(9)63(89)75-46(10)61(88)48-24-20-19-21-25-48)80(14)68(94)58(42(4)5)79-67(93)59(43(6)7)81(15)70(96)103-40-47-28-30-49(31-29-47)76-64(90)50(26-22-34-74-69(73)95)77-66(92)57(41(2)3)78-65(91)52(84-54(85)32-33-55(84)86)39-82(36-37-105(98,99)100)71(97)104-72(11,12)13/h19-21,24-25,28-33,41-46,50-53,57-62,88H,18,22-23,26-27,34-40H2,1-17H3,(H,75,89)(H,76,90)(H,77,92)(H,78,91)(H,79,93)(H3,73,74,95)(H2,98,99,100)/t44-,45+,46-,50-,51-,52?,53+,57-,58-,59+,60+,61-,62-/m0/s1. The van der Waals surface area contributed by atoms with Crippen LogP contribution in [0.25, 0.3) is 0 Å². The summed E-state index contributed by atoms with van der Waals surface area (Å²) in [5.74, 6) is -9.04. The summed E-state index contributed by atoms with van der Waals surface area (Å²) in [7, 11) is 1.22. The van der Waals surface area contributed by atoms with E-state index >= 15 is 0 Å². The summed E-state index contributed by atoms with van der Waals surface area (Å²) in [6.45, 7) is 20.6. The molecule has 11 N–H and O–H groups in total. The summed E-state index contributed by atoms with van der Waals surface area (Å²) in [5.41, 5.74) is 5.45. The first-order valence-electron chi connectivity index (χ1n) is 35.5. The Morgan fingerprint density at radius 3 is 1.87 bits per heavy atom. The van der Waals surface area contributed by atoms with Crippen LogP contribution in [0.1, 0.15) is 146 Å². The van der Waals surface area contributed by atoms with Crippen LogP contribution < -0.4 is 37.6 Å². The normalized spacial score (nSPS) is 17.4. The van der Waals surface area contributed by atoms with Crippen LogP contribution in [0, 0.1) is 29.6 Å². The van der Waals surface area contributed by atoms with Crippen LogP contribution in [0.4, 0.5) is 20.1 Å². The Kier molecular flexibility index (Phi) is 34.5. The van der Waals surface area contributed by atoms with Crippen molar-refractivity contribution < 1.29 is 95.9 Å². The number of nitrogens with two attached hydrogens (primary N) is 1. The molecule has 13 amide bonds. The number of carbonyl (C=O) groups is 12. The lowest BCUT2D eigenvalue weighted by atomic mass is 9.89. The number of rotatable bonds is 39. The van der Waals surface area contributed by atoms with Gasteiger partial charge in [-0.25, -0.2) is 14.4 Å². The number of hydrogen-bond donors (Lipinski definition) is 10. The van der Waals surface area contributed by atoms with E-state index in [9.17, 15) is 77.0 Å². The molecule has 32 nitrogen and oxygen atoms in total. The number of urea groups is 1. The topological polar surface area (TPSA) is 434 Å². The first kappa shape index (κ1) is 88.8. The number of imide groups is 1. The molecular formula is C72H113N12O20P. The van der Waals surface area contributed by atoms with Crippen molar-refractivity contribution in [3.05, 3.63) is 77.9 Å². The van der Waals surface area contributed by atoms with Gasteiger partial charge in [0.05, 0.1) is 61.5 Å². The van der Waals surface area contributed by atoms with Crippen LogP contribution in [0.3, 0.4) is 0 Å². The Morgan fingerprint density at radius 2 is 1.33 bits per heavy atom. The highest BCUT2D eigenvalue weighted by atomic mass is 31.2. The molecule has 586 valence electrons. The summed E-state index contributed by atoms with van der Waals surface area (Å²) in [5, 5.41) is 27.1. The molecule has 2 heterocycles. The molecule has 2 aliphatic heterocycles. The molecule has 1 unspecified atom stereocenters. The number of ether oxygens (including phenoxy) is 4. The van der Waals surface area contributed by atoms with E-state index in [1.165, 1.54) is 59.1 Å². The third-order valence-electron chi connectivity index (χ3n) is 18.7. The number of nitrogens with zero attached hydrogens (tertiary/aromatic N) is 5. The minimum Gasteiger partial charge on any atom is -0.445 e. The SMILES string of the molecule is CC[C@H](C)[C@H]([C@@H](CC(=O)N1CCC[C@H]1[C@@H](OC)[C@@H](C)C(=O)N[C@@H](C)[C@H](O)c1ccccc1)OC)N(C)C(=O)[C@@H](NC(=O)[C@@H](C(C)C)N(C)C(=O)OCc1ccc(NC(=O)[C@H](CCCNC(N)=O)NC(=O)[C@@H](NC(=O)C(CN(CCP(=O)(O)O)C(=O)OC(C)(C)C)N2C(=O)C=CC2=O)C(C)C)cc1)C(C)C. The van der Waals surface area contributed by atoms with E-state index in [4.69, 9.17) is 24.7 Å².